The van der Waals surface area contributed by atoms with Gasteiger partial charge in [-0.2, -0.15) is 4.31 Å². The minimum absolute atomic E-state index is 0.00878. The summed E-state index contributed by atoms with van der Waals surface area (Å²) < 4.78 is 38.4. The maximum Gasteiger partial charge on any atom is 0.247 e. The molecule has 1 unspecified atom stereocenters. The molecule has 7 nitrogen and oxygen atoms in total. The smallest absolute Gasteiger partial charge is 0.247 e. The van der Waals surface area contributed by atoms with Gasteiger partial charge in [0, 0.05) is 20.1 Å². The van der Waals surface area contributed by atoms with Crippen molar-refractivity contribution in [1.29, 1.82) is 0 Å². The molecular formula is C27H34FN3O4S. The molecule has 0 fully saturated rings. The summed E-state index contributed by atoms with van der Waals surface area (Å²) in [5.74, 6) is -1.30. The number of hydrogen-bond acceptors (Lipinski definition) is 4. The average molecular weight is 516 g/mol. The Morgan fingerprint density at radius 1 is 1.06 bits per heavy atom. The molecule has 0 spiro atoms. The van der Waals surface area contributed by atoms with Crippen molar-refractivity contribution < 1.29 is 22.4 Å². The minimum Gasteiger partial charge on any atom is -0.354 e. The highest BCUT2D eigenvalue weighted by molar-refractivity contribution is 7.88. The lowest BCUT2D eigenvalue weighted by molar-refractivity contribution is -0.141. The van der Waals surface area contributed by atoms with Crippen molar-refractivity contribution in [2.75, 3.05) is 26.4 Å². The van der Waals surface area contributed by atoms with E-state index in [1.807, 2.05) is 6.07 Å². The minimum atomic E-state index is -3.62. The second-order valence-electron chi connectivity index (χ2n) is 9.13. The predicted molar refractivity (Wildman–Crippen MR) is 138 cm³/mol. The third-order valence-electron chi connectivity index (χ3n) is 6.32. The van der Waals surface area contributed by atoms with Gasteiger partial charge in [0.2, 0.25) is 21.8 Å². The standard InChI is InChI=1S/C27H34FN3O4S/c1-30(36(2,34)35)20-25(32)31(19-22-13-15-24(28)16-14-22)26(23-11-7-4-8-12-23)27(33)29-18-17-21-9-5-3-6-10-21/h4,7-9,11-16,26H,3,5-6,10,17-20H2,1-2H3,(H,29,33). The van der Waals surface area contributed by atoms with Crippen molar-refractivity contribution in [3.8, 4) is 0 Å². The third-order valence-corrected chi connectivity index (χ3v) is 7.58. The fourth-order valence-corrected chi connectivity index (χ4v) is 4.54. The molecule has 194 valence electrons. The Bertz CT molecular complexity index is 1170. The summed E-state index contributed by atoms with van der Waals surface area (Å²) in [4.78, 5) is 28.4. The number of carbonyl (C=O) groups is 2. The van der Waals surface area contributed by atoms with Gasteiger partial charge in [0.1, 0.15) is 11.9 Å². The normalized spacial score (nSPS) is 14.7. The summed E-state index contributed by atoms with van der Waals surface area (Å²) in [5, 5.41) is 2.98. The lowest BCUT2D eigenvalue weighted by Gasteiger charge is -2.32. The van der Waals surface area contributed by atoms with Gasteiger partial charge in [-0.05, 0) is 55.4 Å². The molecule has 36 heavy (non-hydrogen) atoms. The first-order valence-electron chi connectivity index (χ1n) is 12.1. The number of likely N-dealkylation sites (N-methyl/N-ethyl adjacent to an activating group) is 1. The highest BCUT2D eigenvalue weighted by Crippen LogP contribution is 2.25. The van der Waals surface area contributed by atoms with E-state index in [4.69, 9.17) is 0 Å². The van der Waals surface area contributed by atoms with Crippen molar-refractivity contribution in [2.45, 2.75) is 44.7 Å². The van der Waals surface area contributed by atoms with Crippen molar-refractivity contribution in [2.24, 2.45) is 0 Å². The molecule has 2 amide bonds. The van der Waals surface area contributed by atoms with Gasteiger partial charge >= 0.3 is 0 Å². The van der Waals surface area contributed by atoms with Crippen molar-refractivity contribution in [1.82, 2.24) is 14.5 Å². The molecule has 1 N–H and O–H groups in total. The second-order valence-corrected chi connectivity index (χ2v) is 11.2. The van der Waals surface area contributed by atoms with Crippen LogP contribution in [0, 0.1) is 5.82 Å². The van der Waals surface area contributed by atoms with Crippen LogP contribution in [0.5, 0.6) is 0 Å². The number of nitrogens with zero attached hydrogens (tertiary/aromatic N) is 2. The SMILES string of the molecule is CN(CC(=O)N(Cc1ccc(F)cc1)C(C(=O)NCCC1=CCCCC1)c1ccccc1)S(C)(=O)=O. The first-order chi connectivity index (χ1) is 17.1. The Labute approximate surface area is 213 Å². The Morgan fingerprint density at radius 2 is 1.75 bits per heavy atom. The van der Waals surface area contributed by atoms with E-state index in [9.17, 15) is 22.4 Å². The van der Waals surface area contributed by atoms with Gasteiger partial charge in [-0.15, -0.1) is 0 Å². The van der Waals surface area contributed by atoms with Crippen LogP contribution in [0.15, 0.2) is 66.2 Å². The number of hydrogen-bond donors (Lipinski definition) is 1. The van der Waals surface area contributed by atoms with Crippen molar-refractivity contribution in [3.63, 3.8) is 0 Å². The van der Waals surface area contributed by atoms with Crippen molar-refractivity contribution in [3.05, 3.63) is 83.2 Å². The van der Waals surface area contributed by atoms with Crippen LogP contribution in [0.2, 0.25) is 0 Å². The topological polar surface area (TPSA) is 86.8 Å². The lowest BCUT2D eigenvalue weighted by atomic mass is 9.97. The number of carbonyl (C=O) groups excluding carboxylic acids is 2. The molecule has 3 rings (SSSR count). The molecule has 0 bridgehead atoms. The van der Waals surface area contributed by atoms with E-state index in [0.29, 0.717) is 17.7 Å². The maximum absolute atomic E-state index is 13.5. The molecule has 1 atom stereocenters. The summed E-state index contributed by atoms with van der Waals surface area (Å²) in [5.41, 5.74) is 2.55. The van der Waals surface area contributed by atoms with Gasteiger partial charge in [0.05, 0.1) is 12.8 Å². The monoisotopic (exact) mass is 515 g/mol. The van der Waals surface area contributed by atoms with Crippen molar-refractivity contribution >= 4 is 21.8 Å². The number of sulfonamides is 1. The van der Waals surface area contributed by atoms with Crippen LogP contribution in [0.3, 0.4) is 0 Å². The quantitative estimate of drug-likeness (QED) is 0.462. The van der Waals surface area contributed by atoms with Gasteiger partial charge in [0.15, 0.2) is 0 Å². The van der Waals surface area contributed by atoms with Gasteiger partial charge in [-0.3, -0.25) is 9.59 Å². The summed E-state index contributed by atoms with van der Waals surface area (Å²) in [6, 6.07) is 13.6. The van der Waals surface area contributed by atoms with E-state index in [1.54, 1.807) is 36.4 Å². The zero-order valence-corrected chi connectivity index (χ0v) is 21.6. The summed E-state index contributed by atoms with van der Waals surface area (Å²) in [7, 11) is -2.30. The number of rotatable bonds is 11. The first kappa shape index (κ1) is 27.5. The number of amides is 2. The molecular weight excluding hydrogens is 481 g/mol. The highest BCUT2D eigenvalue weighted by Gasteiger charge is 2.32. The zero-order chi connectivity index (χ0) is 26.1. The maximum atomic E-state index is 13.5. The largest absolute Gasteiger partial charge is 0.354 e. The van der Waals surface area contributed by atoms with Crippen LogP contribution in [-0.4, -0.2) is 55.8 Å². The van der Waals surface area contributed by atoms with E-state index in [-0.39, 0.29) is 12.5 Å². The fraction of sp³-hybridized carbons (Fsp3) is 0.407. The van der Waals surface area contributed by atoms with Crippen LogP contribution in [-0.2, 0) is 26.2 Å². The summed E-state index contributed by atoms with van der Waals surface area (Å²) in [6.45, 7) is 0.0220. The van der Waals surface area contributed by atoms with Gasteiger partial charge in [-0.25, -0.2) is 12.8 Å². The van der Waals surface area contributed by atoms with E-state index >= 15 is 0 Å². The Hall–Kier alpha value is -3.04. The van der Waals surface area contributed by atoms with E-state index in [2.05, 4.69) is 11.4 Å². The number of benzene rings is 2. The van der Waals surface area contributed by atoms with Gasteiger partial charge < -0.3 is 10.2 Å². The van der Waals surface area contributed by atoms with Crippen LogP contribution in [0.25, 0.3) is 0 Å². The molecule has 0 radical (unpaired) electrons. The van der Waals surface area contributed by atoms with Crippen LogP contribution >= 0.6 is 0 Å². The van der Waals surface area contributed by atoms with E-state index in [1.165, 1.54) is 36.1 Å². The lowest BCUT2D eigenvalue weighted by Crippen LogP contribution is -2.47. The first-order valence-corrected chi connectivity index (χ1v) is 14.0. The number of nitrogens with one attached hydrogen (secondary N) is 1. The molecule has 0 aliphatic heterocycles. The van der Waals surface area contributed by atoms with Crippen LogP contribution < -0.4 is 5.32 Å². The van der Waals surface area contributed by atoms with Gasteiger partial charge in [0.25, 0.3) is 0 Å². The summed E-state index contributed by atoms with van der Waals surface area (Å²) >= 11 is 0. The molecule has 0 saturated heterocycles. The molecule has 0 heterocycles. The van der Waals surface area contributed by atoms with Crippen LogP contribution in [0.4, 0.5) is 4.39 Å². The zero-order valence-electron chi connectivity index (χ0n) is 20.8. The van der Waals surface area contributed by atoms with Gasteiger partial charge in [-0.1, -0.05) is 54.1 Å². The predicted octanol–water partition coefficient (Wildman–Crippen LogP) is 3.79. The molecule has 2 aromatic rings. The Balaban J connectivity index is 1.89. The molecule has 9 heteroatoms. The molecule has 1 aliphatic rings. The average Bonchev–Trinajstić information content (AvgIpc) is 2.85. The highest BCUT2D eigenvalue weighted by atomic mass is 32.2. The Kier molecular flexibility index (Phi) is 9.78. The second kappa shape index (κ2) is 12.8. The fourth-order valence-electron chi connectivity index (χ4n) is 4.19. The van der Waals surface area contributed by atoms with E-state index < -0.39 is 34.3 Å². The number of allylic oxidation sites excluding steroid dienone is 1. The third kappa shape index (κ3) is 7.99. The Morgan fingerprint density at radius 3 is 2.36 bits per heavy atom. The van der Waals surface area contributed by atoms with Crippen LogP contribution in [0.1, 0.15) is 49.3 Å². The number of halogens is 1. The molecule has 1 aliphatic carbocycles. The van der Waals surface area contributed by atoms with E-state index in [0.717, 1.165) is 36.2 Å². The molecule has 0 saturated carbocycles. The summed E-state index contributed by atoms with van der Waals surface area (Å²) in [6.07, 6.45) is 8.43. The molecule has 0 aromatic heterocycles. The molecule has 2 aromatic carbocycles.